The van der Waals surface area contributed by atoms with Gasteiger partial charge in [-0.25, -0.2) is 4.90 Å². The lowest BCUT2D eigenvalue weighted by Gasteiger charge is -2.27. The lowest BCUT2D eigenvalue weighted by atomic mass is 10.2. The van der Waals surface area contributed by atoms with Crippen molar-refractivity contribution in [2.24, 2.45) is 0 Å². The molecule has 1 aromatic carbocycles. The number of furan rings is 1. The molecule has 110 valence electrons. The summed E-state index contributed by atoms with van der Waals surface area (Å²) in [5.74, 6) is 0.426. The molecule has 0 aliphatic rings. The number of para-hydroxylation sites is 2. The van der Waals surface area contributed by atoms with Gasteiger partial charge < -0.3 is 14.1 Å². The Morgan fingerprint density at radius 3 is 2.48 bits per heavy atom. The molecule has 0 radical (unpaired) electrons. The van der Waals surface area contributed by atoms with E-state index in [2.05, 4.69) is 0 Å². The average Bonchev–Trinajstić information content (AvgIpc) is 3.02. The highest BCUT2D eigenvalue weighted by Gasteiger charge is 2.27. The molecule has 0 N–H and O–H groups in total. The number of carbonyl (C=O) groups is 1. The molecule has 0 aliphatic heterocycles. The van der Waals surface area contributed by atoms with E-state index in [9.17, 15) is 4.79 Å². The minimum atomic E-state index is -0.344. The first-order chi connectivity index (χ1) is 10.1. The van der Waals surface area contributed by atoms with Gasteiger partial charge in [0.1, 0.15) is 5.75 Å². The Hall–Kier alpha value is -2.34. The van der Waals surface area contributed by atoms with E-state index in [0.717, 1.165) is 0 Å². The van der Waals surface area contributed by atoms with E-state index >= 15 is 0 Å². The summed E-state index contributed by atoms with van der Waals surface area (Å²) in [7, 11) is 5.10. The van der Waals surface area contributed by atoms with Gasteiger partial charge in [0, 0.05) is 14.1 Å². The fourth-order valence-electron chi connectivity index (χ4n) is 1.82. The zero-order chi connectivity index (χ0) is 15.4. The molecule has 0 aliphatic carbocycles. The number of thiocarbonyl (C=S) groups is 1. The van der Waals surface area contributed by atoms with Crippen molar-refractivity contribution in [3.8, 4) is 5.75 Å². The molecule has 0 saturated carbocycles. The normalized spacial score (nSPS) is 10.0. The molecule has 6 heteroatoms. The first kappa shape index (κ1) is 15.1. The number of ether oxygens (including phenoxy) is 1. The van der Waals surface area contributed by atoms with Crippen molar-refractivity contribution in [1.82, 2.24) is 4.90 Å². The van der Waals surface area contributed by atoms with E-state index in [0.29, 0.717) is 16.5 Å². The zero-order valence-corrected chi connectivity index (χ0v) is 12.9. The van der Waals surface area contributed by atoms with Crippen LogP contribution in [0.25, 0.3) is 0 Å². The highest BCUT2D eigenvalue weighted by Crippen LogP contribution is 2.29. The minimum absolute atomic E-state index is 0.213. The van der Waals surface area contributed by atoms with Crippen LogP contribution in [0.2, 0.25) is 0 Å². The summed E-state index contributed by atoms with van der Waals surface area (Å²) in [6.45, 7) is 0. The topological polar surface area (TPSA) is 45.9 Å². The van der Waals surface area contributed by atoms with Gasteiger partial charge in [0.25, 0.3) is 5.91 Å². The van der Waals surface area contributed by atoms with E-state index in [1.54, 1.807) is 50.4 Å². The number of benzene rings is 1. The third-order valence-electron chi connectivity index (χ3n) is 2.83. The van der Waals surface area contributed by atoms with Crippen LogP contribution in [0.15, 0.2) is 47.1 Å². The summed E-state index contributed by atoms with van der Waals surface area (Å²) in [6.07, 6.45) is 1.45. The highest BCUT2D eigenvalue weighted by molar-refractivity contribution is 7.80. The molecule has 0 fully saturated rings. The second-order valence-electron chi connectivity index (χ2n) is 4.47. The van der Waals surface area contributed by atoms with Gasteiger partial charge in [-0.05, 0) is 36.5 Å². The quantitative estimate of drug-likeness (QED) is 0.816. The Balaban J connectivity index is 2.51. The smallest absolute Gasteiger partial charge is 0.300 e. The fraction of sp³-hybridized carbons (Fsp3) is 0.200. The summed E-state index contributed by atoms with van der Waals surface area (Å²) in [6, 6.07) is 10.5. The third-order valence-corrected chi connectivity index (χ3v) is 3.38. The van der Waals surface area contributed by atoms with E-state index in [4.69, 9.17) is 21.4 Å². The summed E-state index contributed by atoms with van der Waals surface area (Å²) in [5.41, 5.74) is 0.570. The Kier molecular flexibility index (Phi) is 4.59. The number of methoxy groups -OCH3 is 1. The van der Waals surface area contributed by atoms with Gasteiger partial charge in [-0.15, -0.1) is 0 Å². The Morgan fingerprint density at radius 1 is 1.19 bits per heavy atom. The molecule has 2 aromatic rings. The maximum absolute atomic E-state index is 12.7. The maximum atomic E-state index is 12.7. The molecule has 2 rings (SSSR count). The molecule has 0 atom stereocenters. The highest BCUT2D eigenvalue weighted by atomic mass is 32.1. The van der Waals surface area contributed by atoms with Crippen LogP contribution in [-0.4, -0.2) is 37.1 Å². The fourth-order valence-corrected chi connectivity index (χ4v) is 2.01. The number of rotatable bonds is 3. The van der Waals surface area contributed by atoms with Gasteiger partial charge in [-0.1, -0.05) is 12.1 Å². The predicted octanol–water partition coefficient (Wildman–Crippen LogP) is 2.78. The lowest BCUT2D eigenvalue weighted by Crippen LogP contribution is -2.43. The van der Waals surface area contributed by atoms with Crippen LogP contribution in [0.1, 0.15) is 10.6 Å². The summed E-state index contributed by atoms with van der Waals surface area (Å²) >= 11 is 5.37. The third kappa shape index (κ3) is 3.05. The van der Waals surface area contributed by atoms with E-state index in [1.807, 2.05) is 12.1 Å². The molecule has 5 nitrogen and oxygen atoms in total. The lowest BCUT2D eigenvalue weighted by molar-refractivity contribution is 0.0973. The van der Waals surface area contributed by atoms with Gasteiger partial charge >= 0.3 is 0 Å². The van der Waals surface area contributed by atoms with Gasteiger partial charge in [-0.2, -0.15) is 0 Å². The molecule has 0 unspecified atom stereocenters. The van der Waals surface area contributed by atoms with Crippen molar-refractivity contribution >= 4 is 28.9 Å². The van der Waals surface area contributed by atoms with Gasteiger partial charge in [0.05, 0.1) is 19.1 Å². The standard InChI is InChI=1S/C15H16N2O3S/c1-16(2)15(21)17(14(18)13-9-6-10-20-13)11-7-4-5-8-12(11)19-3/h4-10H,1-3H3. The Bertz CT molecular complexity index is 638. The molecule has 0 saturated heterocycles. The first-order valence-corrected chi connectivity index (χ1v) is 6.69. The zero-order valence-electron chi connectivity index (χ0n) is 12.1. The molecule has 0 bridgehead atoms. The van der Waals surface area contributed by atoms with Crippen LogP contribution in [-0.2, 0) is 0 Å². The monoisotopic (exact) mass is 304 g/mol. The largest absolute Gasteiger partial charge is 0.495 e. The van der Waals surface area contributed by atoms with Crippen molar-refractivity contribution in [2.75, 3.05) is 26.1 Å². The van der Waals surface area contributed by atoms with Crippen molar-refractivity contribution in [3.63, 3.8) is 0 Å². The minimum Gasteiger partial charge on any atom is -0.495 e. The second-order valence-corrected chi connectivity index (χ2v) is 4.83. The maximum Gasteiger partial charge on any atom is 0.300 e. The van der Waals surface area contributed by atoms with Crippen molar-refractivity contribution in [1.29, 1.82) is 0 Å². The van der Waals surface area contributed by atoms with E-state index in [1.165, 1.54) is 11.2 Å². The van der Waals surface area contributed by atoms with Crippen molar-refractivity contribution < 1.29 is 13.9 Å². The number of hydrogen-bond donors (Lipinski definition) is 0. The number of nitrogens with zero attached hydrogens (tertiary/aromatic N) is 2. The molecule has 1 heterocycles. The number of hydrogen-bond acceptors (Lipinski definition) is 4. The first-order valence-electron chi connectivity index (χ1n) is 6.28. The van der Waals surface area contributed by atoms with E-state index < -0.39 is 0 Å². The SMILES string of the molecule is COc1ccccc1N(C(=O)c1ccco1)C(=S)N(C)C. The molecule has 0 spiro atoms. The number of amides is 1. The van der Waals surface area contributed by atoms with Gasteiger partial charge in [-0.3, -0.25) is 4.79 Å². The summed E-state index contributed by atoms with van der Waals surface area (Å²) < 4.78 is 10.5. The predicted molar refractivity (Wildman–Crippen MR) is 84.8 cm³/mol. The van der Waals surface area contributed by atoms with Gasteiger partial charge in [0.2, 0.25) is 0 Å². The van der Waals surface area contributed by atoms with Crippen LogP contribution in [0.4, 0.5) is 5.69 Å². The van der Waals surface area contributed by atoms with Crippen LogP contribution < -0.4 is 9.64 Å². The summed E-state index contributed by atoms with van der Waals surface area (Å²) in [5, 5.41) is 0.348. The van der Waals surface area contributed by atoms with Crippen LogP contribution >= 0.6 is 12.2 Å². The Labute approximate surface area is 128 Å². The van der Waals surface area contributed by atoms with E-state index in [-0.39, 0.29) is 11.7 Å². The number of anilines is 1. The second kappa shape index (κ2) is 6.41. The van der Waals surface area contributed by atoms with Crippen molar-refractivity contribution in [2.45, 2.75) is 0 Å². The summed E-state index contributed by atoms with van der Waals surface area (Å²) in [4.78, 5) is 15.8. The van der Waals surface area contributed by atoms with Crippen LogP contribution in [0.5, 0.6) is 5.75 Å². The molecule has 21 heavy (non-hydrogen) atoms. The van der Waals surface area contributed by atoms with Gasteiger partial charge in [0.15, 0.2) is 10.9 Å². The van der Waals surface area contributed by atoms with Crippen LogP contribution in [0, 0.1) is 0 Å². The molecular formula is C15H16N2O3S. The molecule has 1 aromatic heterocycles. The molecule has 1 amide bonds. The molecular weight excluding hydrogens is 288 g/mol. The average molecular weight is 304 g/mol. The Morgan fingerprint density at radius 2 is 1.90 bits per heavy atom. The van der Waals surface area contributed by atoms with Crippen LogP contribution in [0.3, 0.4) is 0 Å². The van der Waals surface area contributed by atoms with Crippen molar-refractivity contribution in [3.05, 3.63) is 48.4 Å². The number of carbonyl (C=O) groups excluding carboxylic acids is 1.